The van der Waals surface area contributed by atoms with Crippen molar-refractivity contribution >= 4 is 16.6 Å². The summed E-state index contributed by atoms with van der Waals surface area (Å²) in [5.74, 6) is 1.53. The predicted octanol–water partition coefficient (Wildman–Crippen LogP) is 3.04. The molecular weight excluding hydrogens is 368 g/mol. The Labute approximate surface area is 170 Å². The summed E-state index contributed by atoms with van der Waals surface area (Å²) in [6.45, 7) is 6.12. The van der Waals surface area contributed by atoms with Crippen molar-refractivity contribution in [2.45, 2.75) is 19.9 Å². The van der Waals surface area contributed by atoms with Gasteiger partial charge in [0.1, 0.15) is 22.7 Å². The minimum atomic E-state index is -0.245. The third kappa shape index (κ3) is 4.51. The van der Waals surface area contributed by atoms with Crippen molar-refractivity contribution in [3.8, 4) is 22.9 Å². The van der Waals surface area contributed by atoms with Crippen molar-refractivity contribution in [1.29, 1.82) is 0 Å². The molecule has 0 aliphatic heterocycles. The summed E-state index contributed by atoms with van der Waals surface area (Å²) in [7, 11) is 5.16. The van der Waals surface area contributed by atoms with Crippen LogP contribution < -0.4 is 25.2 Å². The van der Waals surface area contributed by atoms with Crippen LogP contribution in [-0.2, 0) is 0 Å². The van der Waals surface area contributed by atoms with Gasteiger partial charge in [-0.05, 0) is 37.7 Å². The summed E-state index contributed by atoms with van der Waals surface area (Å²) < 4.78 is 10.6. The highest BCUT2D eigenvalue weighted by Crippen LogP contribution is 2.29. The highest BCUT2D eigenvalue weighted by Gasteiger charge is 2.13. The first kappa shape index (κ1) is 20.7. The number of nitrogens with one attached hydrogen (secondary N) is 2. The number of hydrogen-bond donors (Lipinski definition) is 2. The quantitative estimate of drug-likeness (QED) is 0.609. The van der Waals surface area contributed by atoms with Crippen LogP contribution in [0.4, 0.5) is 5.69 Å². The number of anilines is 1. The van der Waals surface area contributed by atoms with E-state index < -0.39 is 0 Å². The molecule has 1 heterocycles. The summed E-state index contributed by atoms with van der Waals surface area (Å²) in [5.41, 5.74) is 2.22. The molecule has 3 aromatic rings. The number of rotatable bonds is 8. The topological polar surface area (TPSA) is 79.5 Å². The molecule has 0 aliphatic carbocycles. The normalized spacial score (nSPS) is 12.0. The van der Waals surface area contributed by atoms with Gasteiger partial charge in [0.25, 0.3) is 5.56 Å². The van der Waals surface area contributed by atoms with E-state index in [0.717, 1.165) is 24.3 Å². The monoisotopic (exact) mass is 396 g/mol. The SMILES string of the molecule is CCNC(C)CN(C)c1ccc(-c2nc3cc(OC)cc(OC)c3c(=O)[nH]2)cc1. The standard InChI is InChI=1S/C22H28N4O3/c1-6-23-14(2)13-26(3)16-9-7-15(8-10-16)21-24-18-11-17(28-4)12-19(29-5)20(18)22(27)25-21/h7-12,14,23H,6,13H2,1-5H3,(H,24,25,27). The van der Waals surface area contributed by atoms with Crippen LogP contribution in [0, 0.1) is 0 Å². The van der Waals surface area contributed by atoms with Gasteiger partial charge >= 0.3 is 0 Å². The lowest BCUT2D eigenvalue weighted by atomic mass is 10.1. The third-order valence-corrected chi connectivity index (χ3v) is 4.88. The van der Waals surface area contributed by atoms with Crippen molar-refractivity contribution < 1.29 is 9.47 Å². The Morgan fingerprint density at radius 1 is 1.17 bits per heavy atom. The number of hydrogen-bond acceptors (Lipinski definition) is 6. The largest absolute Gasteiger partial charge is 0.497 e. The second kappa shape index (κ2) is 8.96. The minimum absolute atomic E-state index is 0.245. The van der Waals surface area contributed by atoms with Crippen LogP contribution in [0.25, 0.3) is 22.3 Å². The molecule has 154 valence electrons. The van der Waals surface area contributed by atoms with Gasteiger partial charge < -0.3 is 24.7 Å². The van der Waals surface area contributed by atoms with E-state index in [1.165, 1.54) is 7.11 Å². The van der Waals surface area contributed by atoms with Gasteiger partial charge in [-0.2, -0.15) is 0 Å². The van der Waals surface area contributed by atoms with Crippen molar-refractivity contribution in [2.24, 2.45) is 0 Å². The van der Waals surface area contributed by atoms with Gasteiger partial charge in [0.15, 0.2) is 0 Å². The first-order chi connectivity index (χ1) is 14.0. The Morgan fingerprint density at radius 3 is 2.52 bits per heavy atom. The van der Waals surface area contributed by atoms with Crippen LogP contribution in [0.3, 0.4) is 0 Å². The summed E-state index contributed by atoms with van der Waals surface area (Å²) in [5, 5.41) is 3.82. The van der Waals surface area contributed by atoms with Gasteiger partial charge in [-0.1, -0.05) is 6.92 Å². The maximum Gasteiger partial charge on any atom is 0.262 e. The summed E-state index contributed by atoms with van der Waals surface area (Å²) >= 11 is 0. The van der Waals surface area contributed by atoms with Gasteiger partial charge in [-0.25, -0.2) is 4.98 Å². The number of benzene rings is 2. The Bertz CT molecular complexity index is 1030. The van der Waals surface area contributed by atoms with Crippen molar-refractivity contribution in [1.82, 2.24) is 15.3 Å². The molecule has 7 nitrogen and oxygen atoms in total. The van der Waals surface area contributed by atoms with E-state index in [4.69, 9.17) is 9.47 Å². The van der Waals surface area contributed by atoms with Gasteiger partial charge in [0.2, 0.25) is 0 Å². The highest BCUT2D eigenvalue weighted by atomic mass is 16.5. The Morgan fingerprint density at radius 2 is 1.90 bits per heavy atom. The zero-order valence-corrected chi connectivity index (χ0v) is 17.6. The molecule has 0 saturated heterocycles. The average molecular weight is 396 g/mol. The van der Waals surface area contributed by atoms with Crippen LogP contribution in [0.2, 0.25) is 0 Å². The summed E-state index contributed by atoms with van der Waals surface area (Å²) in [6, 6.07) is 11.8. The zero-order valence-electron chi connectivity index (χ0n) is 17.6. The second-order valence-corrected chi connectivity index (χ2v) is 7.02. The molecule has 3 rings (SSSR count). The van der Waals surface area contributed by atoms with Crippen LogP contribution in [0.1, 0.15) is 13.8 Å². The fraction of sp³-hybridized carbons (Fsp3) is 0.364. The molecule has 29 heavy (non-hydrogen) atoms. The molecule has 0 bridgehead atoms. The molecule has 1 unspecified atom stereocenters. The van der Waals surface area contributed by atoms with Crippen molar-refractivity contribution in [3.63, 3.8) is 0 Å². The van der Waals surface area contributed by atoms with Crippen LogP contribution in [0.5, 0.6) is 11.5 Å². The molecule has 0 amide bonds. The molecule has 1 aromatic heterocycles. The maximum absolute atomic E-state index is 12.7. The molecular formula is C22H28N4O3. The van der Waals surface area contributed by atoms with E-state index in [1.807, 2.05) is 24.3 Å². The minimum Gasteiger partial charge on any atom is -0.497 e. The van der Waals surface area contributed by atoms with Crippen LogP contribution in [0.15, 0.2) is 41.2 Å². The van der Waals surface area contributed by atoms with Gasteiger partial charge in [0.05, 0.1) is 19.7 Å². The fourth-order valence-electron chi connectivity index (χ4n) is 3.43. The van der Waals surface area contributed by atoms with Gasteiger partial charge in [-0.3, -0.25) is 4.79 Å². The number of H-pyrrole nitrogens is 1. The number of methoxy groups -OCH3 is 2. The molecule has 2 N–H and O–H groups in total. The number of ether oxygens (including phenoxy) is 2. The number of likely N-dealkylation sites (N-methyl/N-ethyl adjacent to an activating group) is 2. The molecule has 2 aromatic carbocycles. The average Bonchev–Trinajstić information content (AvgIpc) is 2.72. The Hall–Kier alpha value is -3.06. The van der Waals surface area contributed by atoms with Crippen molar-refractivity contribution in [3.05, 3.63) is 46.8 Å². The maximum atomic E-state index is 12.7. The Kier molecular flexibility index (Phi) is 6.39. The Balaban J connectivity index is 1.93. The molecule has 0 spiro atoms. The lowest BCUT2D eigenvalue weighted by Crippen LogP contribution is -2.37. The van der Waals surface area contributed by atoms with Gasteiger partial charge in [-0.15, -0.1) is 0 Å². The van der Waals surface area contributed by atoms with E-state index in [1.54, 1.807) is 19.2 Å². The van der Waals surface area contributed by atoms with E-state index in [0.29, 0.717) is 34.3 Å². The highest BCUT2D eigenvalue weighted by molar-refractivity contribution is 5.87. The first-order valence-corrected chi connectivity index (χ1v) is 9.67. The number of fused-ring (bicyclic) bond motifs is 1. The van der Waals surface area contributed by atoms with Crippen molar-refractivity contribution in [2.75, 3.05) is 39.3 Å². The molecule has 0 saturated carbocycles. The molecule has 0 fully saturated rings. The van der Waals surface area contributed by atoms with E-state index in [9.17, 15) is 4.79 Å². The zero-order chi connectivity index (χ0) is 21.0. The van der Waals surface area contributed by atoms with E-state index >= 15 is 0 Å². The van der Waals surface area contributed by atoms with E-state index in [2.05, 4.69) is 41.1 Å². The lowest BCUT2D eigenvalue weighted by Gasteiger charge is -2.24. The predicted molar refractivity (Wildman–Crippen MR) is 117 cm³/mol. The first-order valence-electron chi connectivity index (χ1n) is 9.67. The second-order valence-electron chi connectivity index (χ2n) is 7.02. The van der Waals surface area contributed by atoms with Crippen LogP contribution in [-0.4, -0.2) is 50.4 Å². The van der Waals surface area contributed by atoms with E-state index in [-0.39, 0.29) is 5.56 Å². The van der Waals surface area contributed by atoms with Gasteiger partial charge in [0, 0.05) is 43.0 Å². The number of aromatic amines is 1. The third-order valence-electron chi connectivity index (χ3n) is 4.88. The fourth-order valence-corrected chi connectivity index (χ4v) is 3.43. The summed E-state index contributed by atoms with van der Waals surface area (Å²) in [6.07, 6.45) is 0. The molecule has 0 aliphatic rings. The molecule has 7 heteroatoms. The number of aromatic nitrogens is 2. The lowest BCUT2D eigenvalue weighted by molar-refractivity contribution is 0.397. The number of nitrogens with zero attached hydrogens (tertiary/aromatic N) is 2. The molecule has 1 atom stereocenters. The summed E-state index contributed by atoms with van der Waals surface area (Å²) in [4.78, 5) is 22.4. The smallest absolute Gasteiger partial charge is 0.262 e. The van der Waals surface area contributed by atoms with Crippen LogP contribution >= 0.6 is 0 Å². The molecule has 0 radical (unpaired) electrons.